The largest absolute Gasteiger partial charge is 0.465 e. The molecule has 3 rings (SSSR count). The van der Waals surface area contributed by atoms with Gasteiger partial charge in [-0.05, 0) is 55.4 Å². The van der Waals surface area contributed by atoms with Gasteiger partial charge in [-0.3, -0.25) is 20.2 Å². The molecular formula is C22H22N4O7S. The number of carbonyl (C=O) groups excluding carboxylic acids is 3. The highest BCUT2D eigenvalue weighted by atomic mass is 32.1. The summed E-state index contributed by atoms with van der Waals surface area (Å²) in [5.41, 5.74) is 0.711. The van der Waals surface area contributed by atoms with Gasteiger partial charge in [0.2, 0.25) is 0 Å². The quantitative estimate of drug-likeness (QED) is 0.271. The van der Waals surface area contributed by atoms with Crippen molar-refractivity contribution >= 4 is 52.2 Å². The van der Waals surface area contributed by atoms with E-state index in [-0.39, 0.29) is 33.2 Å². The van der Waals surface area contributed by atoms with Crippen molar-refractivity contribution in [2.75, 3.05) is 37.5 Å². The van der Waals surface area contributed by atoms with Crippen molar-refractivity contribution in [3.63, 3.8) is 0 Å². The van der Waals surface area contributed by atoms with E-state index in [1.165, 1.54) is 44.6 Å². The van der Waals surface area contributed by atoms with Crippen molar-refractivity contribution in [2.45, 2.75) is 12.8 Å². The van der Waals surface area contributed by atoms with Crippen LogP contribution in [0.1, 0.15) is 43.9 Å². The van der Waals surface area contributed by atoms with E-state index in [9.17, 15) is 24.5 Å². The first-order chi connectivity index (χ1) is 16.2. The average Bonchev–Trinajstić information content (AvgIpc) is 3.37. The van der Waals surface area contributed by atoms with E-state index in [0.717, 1.165) is 25.9 Å². The number of hydrogen-bond donors (Lipinski definition) is 2. The van der Waals surface area contributed by atoms with Crippen LogP contribution in [0.4, 0.5) is 17.1 Å². The van der Waals surface area contributed by atoms with Gasteiger partial charge in [0.25, 0.3) is 11.6 Å². The summed E-state index contributed by atoms with van der Waals surface area (Å²) in [6.07, 6.45) is 1.91. The molecule has 11 nitrogen and oxygen atoms in total. The molecule has 0 saturated carbocycles. The number of methoxy groups -OCH3 is 2. The first kappa shape index (κ1) is 24.6. The molecule has 12 heteroatoms. The molecule has 2 aromatic carbocycles. The molecule has 1 amide bonds. The fourth-order valence-electron chi connectivity index (χ4n) is 3.55. The van der Waals surface area contributed by atoms with Crippen LogP contribution in [0.5, 0.6) is 0 Å². The monoisotopic (exact) mass is 486 g/mol. The summed E-state index contributed by atoms with van der Waals surface area (Å²) < 4.78 is 9.37. The lowest BCUT2D eigenvalue weighted by molar-refractivity contribution is -0.384. The summed E-state index contributed by atoms with van der Waals surface area (Å²) in [4.78, 5) is 49.5. The molecule has 1 aliphatic rings. The Morgan fingerprint density at radius 1 is 0.971 bits per heavy atom. The smallest absolute Gasteiger partial charge is 0.337 e. The molecule has 1 fully saturated rings. The molecule has 1 saturated heterocycles. The zero-order valence-electron chi connectivity index (χ0n) is 18.5. The maximum Gasteiger partial charge on any atom is 0.337 e. The van der Waals surface area contributed by atoms with Crippen LogP contribution in [0.3, 0.4) is 0 Å². The summed E-state index contributed by atoms with van der Waals surface area (Å²) in [7, 11) is 2.39. The molecule has 0 spiro atoms. The first-order valence-corrected chi connectivity index (χ1v) is 10.6. The van der Waals surface area contributed by atoms with Crippen LogP contribution >= 0.6 is 12.2 Å². The van der Waals surface area contributed by atoms with Gasteiger partial charge in [-0.2, -0.15) is 0 Å². The Morgan fingerprint density at radius 3 is 2.09 bits per heavy atom. The van der Waals surface area contributed by atoms with Crippen LogP contribution in [0.2, 0.25) is 0 Å². The van der Waals surface area contributed by atoms with Crippen LogP contribution < -0.4 is 15.5 Å². The van der Waals surface area contributed by atoms with Crippen LogP contribution in [0.15, 0.2) is 36.4 Å². The van der Waals surface area contributed by atoms with Gasteiger partial charge in [-0.1, -0.05) is 0 Å². The summed E-state index contributed by atoms with van der Waals surface area (Å²) in [6.45, 7) is 1.44. The molecule has 178 valence electrons. The Labute approximate surface area is 200 Å². The molecule has 0 unspecified atom stereocenters. The standard InChI is InChI=1S/C22H22N4O7S/c1-32-20(28)14-9-15(21(29)33-2)11-16(10-14)23-22(34)24-19(27)13-5-6-17(18(12-13)26(30)31)25-7-3-4-8-25/h5-6,9-12H,3-4,7-8H2,1-2H3,(H2,23,24,27,34). The predicted octanol–water partition coefficient (Wildman–Crippen LogP) is 2.90. The summed E-state index contributed by atoms with van der Waals surface area (Å²) >= 11 is 5.17. The summed E-state index contributed by atoms with van der Waals surface area (Å²) in [5, 5.41) is 16.6. The number of rotatable bonds is 6. The number of nitrogens with one attached hydrogen (secondary N) is 2. The summed E-state index contributed by atoms with van der Waals surface area (Å²) in [5.74, 6) is -2.03. The highest BCUT2D eigenvalue weighted by molar-refractivity contribution is 7.80. The molecule has 34 heavy (non-hydrogen) atoms. The molecule has 0 atom stereocenters. The minimum atomic E-state index is -0.686. The van der Waals surface area contributed by atoms with E-state index in [2.05, 4.69) is 20.1 Å². The number of carbonyl (C=O) groups is 3. The van der Waals surface area contributed by atoms with Crippen molar-refractivity contribution in [3.05, 3.63) is 63.2 Å². The van der Waals surface area contributed by atoms with Crippen LogP contribution in [-0.2, 0) is 9.47 Å². The SMILES string of the molecule is COC(=O)c1cc(NC(=S)NC(=O)c2ccc(N3CCCC3)c([N+](=O)[O-])c2)cc(C(=O)OC)c1. The minimum absolute atomic E-state index is 0.0531. The van der Waals surface area contributed by atoms with Crippen molar-refractivity contribution in [1.29, 1.82) is 0 Å². The number of thiocarbonyl (C=S) groups is 1. The Bertz CT molecular complexity index is 1130. The molecule has 2 aromatic rings. The normalized spacial score (nSPS) is 12.6. The first-order valence-electron chi connectivity index (χ1n) is 10.2. The van der Waals surface area contributed by atoms with Gasteiger partial charge in [0.1, 0.15) is 5.69 Å². The number of nitro benzene ring substituents is 1. The zero-order chi connectivity index (χ0) is 24.8. The van der Waals surface area contributed by atoms with Gasteiger partial charge in [-0.15, -0.1) is 0 Å². The highest BCUT2D eigenvalue weighted by Crippen LogP contribution is 2.31. The third-order valence-corrected chi connectivity index (χ3v) is 5.35. The van der Waals surface area contributed by atoms with E-state index in [1.807, 2.05) is 4.90 Å². The van der Waals surface area contributed by atoms with Gasteiger partial charge < -0.3 is 19.7 Å². The maximum atomic E-state index is 12.7. The number of ether oxygens (including phenoxy) is 2. The Hall–Kier alpha value is -4.06. The molecule has 2 N–H and O–H groups in total. The van der Waals surface area contributed by atoms with Crippen molar-refractivity contribution in [3.8, 4) is 0 Å². The van der Waals surface area contributed by atoms with Gasteiger partial charge in [0.05, 0.1) is 30.3 Å². The molecule has 0 bridgehead atoms. The van der Waals surface area contributed by atoms with Gasteiger partial charge >= 0.3 is 11.9 Å². The highest BCUT2D eigenvalue weighted by Gasteiger charge is 2.24. The fourth-order valence-corrected chi connectivity index (χ4v) is 3.76. The molecule has 0 radical (unpaired) electrons. The number of nitrogens with zero attached hydrogens (tertiary/aromatic N) is 2. The Balaban J connectivity index is 1.78. The van der Waals surface area contributed by atoms with Crippen LogP contribution in [0.25, 0.3) is 0 Å². The van der Waals surface area contributed by atoms with Crippen molar-refractivity contribution < 1.29 is 28.8 Å². The van der Waals surface area contributed by atoms with Crippen molar-refractivity contribution in [2.24, 2.45) is 0 Å². The molecule has 1 aliphatic heterocycles. The van der Waals surface area contributed by atoms with Gasteiger partial charge in [-0.25, -0.2) is 9.59 Å². The second-order valence-electron chi connectivity index (χ2n) is 7.35. The number of amides is 1. The average molecular weight is 487 g/mol. The third-order valence-electron chi connectivity index (χ3n) is 5.14. The van der Waals surface area contributed by atoms with Crippen LogP contribution in [-0.4, -0.2) is 55.2 Å². The Morgan fingerprint density at radius 2 is 1.56 bits per heavy atom. The van der Waals surface area contributed by atoms with Crippen LogP contribution in [0, 0.1) is 10.1 Å². The summed E-state index contributed by atoms with van der Waals surface area (Å²) in [6, 6.07) is 8.31. The second-order valence-corrected chi connectivity index (χ2v) is 7.75. The number of nitro groups is 1. The number of benzene rings is 2. The van der Waals surface area contributed by atoms with E-state index >= 15 is 0 Å². The number of esters is 2. The number of hydrogen-bond acceptors (Lipinski definition) is 9. The topological polar surface area (TPSA) is 140 Å². The number of anilines is 2. The van der Waals surface area contributed by atoms with E-state index in [1.54, 1.807) is 6.07 Å². The lowest BCUT2D eigenvalue weighted by Crippen LogP contribution is -2.34. The lowest BCUT2D eigenvalue weighted by atomic mass is 10.1. The fraction of sp³-hybridized carbons (Fsp3) is 0.273. The van der Waals surface area contributed by atoms with Crippen molar-refractivity contribution in [1.82, 2.24) is 5.32 Å². The second kappa shape index (κ2) is 10.7. The lowest BCUT2D eigenvalue weighted by Gasteiger charge is -2.18. The van der Waals surface area contributed by atoms with E-state index in [4.69, 9.17) is 12.2 Å². The maximum absolute atomic E-state index is 12.7. The molecule has 1 heterocycles. The van der Waals surface area contributed by atoms with Gasteiger partial charge in [0.15, 0.2) is 5.11 Å². The molecule has 0 aromatic heterocycles. The zero-order valence-corrected chi connectivity index (χ0v) is 19.3. The Kier molecular flexibility index (Phi) is 7.74. The van der Waals surface area contributed by atoms with E-state index < -0.39 is 22.8 Å². The minimum Gasteiger partial charge on any atom is -0.465 e. The molecular weight excluding hydrogens is 464 g/mol. The van der Waals surface area contributed by atoms with E-state index in [0.29, 0.717) is 5.69 Å². The molecule has 0 aliphatic carbocycles. The predicted molar refractivity (Wildman–Crippen MR) is 127 cm³/mol. The third kappa shape index (κ3) is 5.64. The van der Waals surface area contributed by atoms with Gasteiger partial charge in [0, 0.05) is 30.4 Å².